The van der Waals surface area contributed by atoms with E-state index < -0.39 is 10.3 Å². The van der Waals surface area contributed by atoms with E-state index in [1.54, 1.807) is 0 Å². The molecule has 0 saturated carbocycles. The van der Waals surface area contributed by atoms with Gasteiger partial charge in [0.1, 0.15) is 0 Å². The summed E-state index contributed by atoms with van der Waals surface area (Å²) in [6.07, 6.45) is 2.37. The fraction of sp³-hybridized carbons (Fsp3) is 0. The molecule has 49 valence electrons. The largest absolute Gasteiger partial charge is 0.393 e. The summed E-state index contributed by atoms with van der Waals surface area (Å²) >= 11 is 0. The molecule has 9 heavy (non-hydrogen) atoms. The molecule has 1 radical (unpaired) electrons. The van der Waals surface area contributed by atoms with E-state index in [-0.39, 0.29) is 0 Å². The fourth-order valence-electron chi connectivity index (χ4n) is 0.468. The molecule has 0 aliphatic rings. The van der Waals surface area contributed by atoms with Crippen molar-refractivity contribution in [2.75, 3.05) is 0 Å². The minimum Gasteiger partial charge on any atom is -0.229 e. The Morgan fingerprint density at radius 3 is 1.78 bits per heavy atom. The Bertz CT molecular complexity index is 273. The van der Waals surface area contributed by atoms with E-state index in [9.17, 15) is 13.0 Å². The van der Waals surface area contributed by atoms with E-state index in [0.717, 1.165) is 0 Å². The van der Waals surface area contributed by atoms with Crippen LogP contribution >= 0.6 is 0 Å². The van der Waals surface area contributed by atoms with Crippen LogP contribution in [0.5, 0.6) is 0 Å². The maximum Gasteiger partial charge on any atom is 0.393 e. The van der Waals surface area contributed by atoms with E-state index in [4.69, 9.17) is 0 Å². The number of aromatic nitrogens is 1. The lowest BCUT2D eigenvalue weighted by Crippen LogP contribution is -2.05. The Hall–Kier alpha value is -0.810. The molecule has 0 aromatic carbocycles. The van der Waals surface area contributed by atoms with Crippen LogP contribution in [-0.4, -0.2) is 12.4 Å². The van der Waals surface area contributed by atoms with Crippen LogP contribution in [0.2, 0.25) is 0 Å². The van der Waals surface area contributed by atoms with Crippen molar-refractivity contribution in [1.82, 2.24) is 3.97 Å². The fourth-order valence-corrected chi connectivity index (χ4v) is 0.906. The Kier molecular flexibility index (Phi) is 1.30. The molecule has 1 aromatic rings. The van der Waals surface area contributed by atoms with Crippen LogP contribution in [0.3, 0.4) is 0 Å². The van der Waals surface area contributed by atoms with Gasteiger partial charge in [-0.1, -0.05) is 4.55 Å². The quantitative estimate of drug-likeness (QED) is 0.560. The molecule has 0 unspecified atom stereocenters. The Balaban J connectivity index is 3.20. The summed E-state index contributed by atoms with van der Waals surface area (Å²) in [7, 11) is -4.29. The molecule has 0 N–H and O–H groups in total. The van der Waals surface area contributed by atoms with Crippen LogP contribution in [0.25, 0.3) is 0 Å². The summed E-state index contributed by atoms with van der Waals surface area (Å²) in [6, 6.07) is 2.94. The van der Waals surface area contributed by atoms with Gasteiger partial charge < -0.3 is 0 Å². The van der Waals surface area contributed by atoms with Gasteiger partial charge in [0.2, 0.25) is 0 Å². The summed E-state index contributed by atoms with van der Waals surface area (Å²) in [5.41, 5.74) is 0. The number of nitrogens with zero attached hydrogens (tertiary/aromatic N) is 1. The predicted molar refractivity (Wildman–Crippen MR) is 29.4 cm³/mol. The van der Waals surface area contributed by atoms with Gasteiger partial charge in [0.15, 0.2) is 0 Å². The van der Waals surface area contributed by atoms with Crippen LogP contribution < -0.4 is 0 Å². The third kappa shape index (κ3) is 1.30. The topological polar surface area (TPSA) is 59.0 Å². The molecular formula is C4H4NO3S. The van der Waals surface area contributed by atoms with Crippen molar-refractivity contribution in [1.29, 1.82) is 0 Å². The summed E-state index contributed by atoms with van der Waals surface area (Å²) in [4.78, 5) is 0. The monoisotopic (exact) mass is 146 g/mol. The summed E-state index contributed by atoms with van der Waals surface area (Å²) < 4.78 is 30.9. The van der Waals surface area contributed by atoms with Gasteiger partial charge in [0.25, 0.3) is 0 Å². The van der Waals surface area contributed by atoms with Crippen molar-refractivity contribution in [3.8, 4) is 0 Å². The Morgan fingerprint density at radius 1 is 1.11 bits per heavy atom. The second-order valence-corrected chi connectivity index (χ2v) is 2.75. The molecule has 1 rings (SSSR count). The van der Waals surface area contributed by atoms with Gasteiger partial charge in [-0.25, -0.2) is 3.97 Å². The van der Waals surface area contributed by atoms with E-state index in [1.807, 2.05) is 0 Å². The van der Waals surface area contributed by atoms with Crippen LogP contribution in [0.15, 0.2) is 24.5 Å². The van der Waals surface area contributed by atoms with Gasteiger partial charge in [-0.15, -0.1) is 0 Å². The second-order valence-electron chi connectivity index (χ2n) is 1.47. The number of rotatable bonds is 1. The van der Waals surface area contributed by atoms with Gasteiger partial charge in [0.05, 0.1) is 0 Å². The highest BCUT2D eigenvalue weighted by molar-refractivity contribution is 7.83. The van der Waals surface area contributed by atoms with Crippen molar-refractivity contribution in [2.24, 2.45) is 0 Å². The summed E-state index contributed by atoms with van der Waals surface area (Å²) in [5.74, 6) is 0. The average molecular weight is 146 g/mol. The normalized spacial score (nSPS) is 11.7. The molecule has 0 fully saturated rings. The van der Waals surface area contributed by atoms with Crippen LogP contribution in [0.4, 0.5) is 0 Å². The van der Waals surface area contributed by atoms with E-state index in [1.165, 1.54) is 24.5 Å². The molecule has 4 nitrogen and oxygen atoms in total. The highest BCUT2D eigenvalue weighted by Gasteiger charge is 2.05. The zero-order valence-corrected chi connectivity index (χ0v) is 5.21. The van der Waals surface area contributed by atoms with E-state index in [2.05, 4.69) is 0 Å². The first-order valence-corrected chi connectivity index (χ1v) is 3.56. The van der Waals surface area contributed by atoms with Crippen LogP contribution in [0, 0.1) is 0 Å². The van der Waals surface area contributed by atoms with Gasteiger partial charge in [-0.3, -0.25) is 0 Å². The second kappa shape index (κ2) is 1.85. The van der Waals surface area contributed by atoms with Gasteiger partial charge in [-0.2, -0.15) is 8.42 Å². The van der Waals surface area contributed by atoms with E-state index in [0.29, 0.717) is 3.97 Å². The highest BCUT2D eigenvalue weighted by Crippen LogP contribution is 1.93. The van der Waals surface area contributed by atoms with Crippen molar-refractivity contribution in [2.45, 2.75) is 0 Å². The Morgan fingerprint density at radius 2 is 1.56 bits per heavy atom. The van der Waals surface area contributed by atoms with Crippen LogP contribution in [0.1, 0.15) is 0 Å². The molecule has 0 aliphatic heterocycles. The van der Waals surface area contributed by atoms with Crippen molar-refractivity contribution < 1.29 is 13.0 Å². The van der Waals surface area contributed by atoms with Crippen molar-refractivity contribution >= 4 is 10.3 Å². The minimum atomic E-state index is -4.29. The van der Waals surface area contributed by atoms with Crippen molar-refractivity contribution in [3.63, 3.8) is 0 Å². The lowest BCUT2D eigenvalue weighted by molar-refractivity contribution is 0.405. The zero-order valence-electron chi connectivity index (χ0n) is 4.39. The van der Waals surface area contributed by atoms with Gasteiger partial charge >= 0.3 is 10.3 Å². The predicted octanol–water partition coefficient (Wildman–Crippen LogP) is 0.0115. The lowest BCUT2D eigenvalue weighted by atomic mass is 10.7. The maximum atomic E-state index is 10.1. The molecule has 1 heterocycles. The summed E-state index contributed by atoms with van der Waals surface area (Å²) in [6.45, 7) is 0. The molecule has 0 saturated heterocycles. The SMILES string of the molecule is [O]S(=O)(=O)n1cccc1. The minimum absolute atomic E-state index is 0.604. The molecule has 0 spiro atoms. The standard InChI is InChI=1S/C4H4NO3S/c6-9(7,8)5-3-1-2-4-5/h1-4H. The maximum absolute atomic E-state index is 10.1. The first kappa shape index (κ1) is 6.31. The molecule has 0 atom stereocenters. The first-order valence-electron chi connectivity index (χ1n) is 2.20. The van der Waals surface area contributed by atoms with Gasteiger partial charge in [-0.05, 0) is 12.1 Å². The molecule has 0 amide bonds. The van der Waals surface area contributed by atoms with E-state index >= 15 is 0 Å². The number of hydrogen-bond donors (Lipinski definition) is 0. The third-order valence-electron chi connectivity index (χ3n) is 0.835. The van der Waals surface area contributed by atoms with Crippen LogP contribution in [-0.2, 0) is 14.9 Å². The first-order chi connectivity index (χ1) is 4.11. The van der Waals surface area contributed by atoms with Gasteiger partial charge in [0, 0.05) is 12.4 Å². The van der Waals surface area contributed by atoms with Crippen molar-refractivity contribution in [3.05, 3.63) is 24.5 Å². The third-order valence-corrected chi connectivity index (χ3v) is 1.60. The Labute approximate surface area is 52.6 Å². The molecular weight excluding hydrogens is 142 g/mol. The molecule has 5 heteroatoms. The molecule has 0 aliphatic carbocycles. The molecule has 1 aromatic heterocycles. The summed E-state index contributed by atoms with van der Waals surface area (Å²) in [5, 5.41) is 0. The lowest BCUT2D eigenvalue weighted by Gasteiger charge is -1.89. The molecule has 0 bridgehead atoms. The highest BCUT2D eigenvalue weighted by atomic mass is 32.2. The zero-order chi connectivity index (χ0) is 6.91. The average Bonchev–Trinajstić information content (AvgIpc) is 2.08. The number of hydrogen-bond acceptors (Lipinski definition) is 2. The smallest absolute Gasteiger partial charge is 0.229 e.